The van der Waals surface area contributed by atoms with E-state index in [4.69, 9.17) is 0 Å². The maximum absolute atomic E-state index is 4.09. The first-order valence-corrected chi connectivity index (χ1v) is 8.28. The molecule has 5 nitrogen and oxygen atoms in total. The zero-order valence-electron chi connectivity index (χ0n) is 12.5. The minimum atomic E-state index is 0.122. The second kappa shape index (κ2) is 6.63. The lowest BCUT2D eigenvalue weighted by Crippen LogP contribution is -2.70. The Labute approximate surface area is 119 Å². The van der Waals surface area contributed by atoms with E-state index in [0.717, 1.165) is 5.82 Å². The largest absolute Gasteiger partial charge is 0.406 e. The van der Waals surface area contributed by atoms with Crippen LogP contribution in [0.4, 0.5) is 5.82 Å². The Morgan fingerprint density at radius 3 is 2.74 bits per heavy atom. The van der Waals surface area contributed by atoms with Gasteiger partial charge in [-0.1, -0.05) is 33.4 Å². The molecular formula is C11H24B2N5Si. The van der Waals surface area contributed by atoms with Gasteiger partial charge >= 0.3 is 6.98 Å². The average Bonchev–Trinajstić information content (AvgIpc) is 2.92. The lowest BCUT2D eigenvalue weighted by molar-refractivity contribution is 0.535. The van der Waals surface area contributed by atoms with E-state index in [9.17, 15) is 0 Å². The summed E-state index contributed by atoms with van der Waals surface area (Å²) in [6.45, 7) is 9.03. The maximum Gasteiger partial charge on any atom is 0.322 e. The van der Waals surface area contributed by atoms with Gasteiger partial charge in [-0.05, 0) is 26.1 Å². The van der Waals surface area contributed by atoms with E-state index in [1.807, 2.05) is 6.20 Å². The summed E-state index contributed by atoms with van der Waals surface area (Å²) in [5.41, 5.74) is 0. The Hall–Kier alpha value is -0.723. The van der Waals surface area contributed by atoms with Gasteiger partial charge in [-0.15, -0.1) is 0 Å². The minimum Gasteiger partial charge on any atom is -0.406 e. The van der Waals surface area contributed by atoms with Crippen LogP contribution in [0, 0.1) is 0 Å². The molecule has 0 amide bonds. The van der Waals surface area contributed by atoms with Crippen molar-refractivity contribution in [1.29, 1.82) is 0 Å². The second-order valence-electron chi connectivity index (χ2n) is 5.34. The van der Waals surface area contributed by atoms with Crippen molar-refractivity contribution in [2.45, 2.75) is 39.8 Å². The molecule has 0 aromatic carbocycles. The number of nitrogens with one attached hydrogen (secondary N) is 1. The number of rotatable bonds is 5. The van der Waals surface area contributed by atoms with Crippen LogP contribution in [0.25, 0.3) is 0 Å². The Morgan fingerprint density at radius 2 is 2.11 bits per heavy atom. The smallest absolute Gasteiger partial charge is 0.322 e. The third kappa shape index (κ3) is 3.24. The van der Waals surface area contributed by atoms with Crippen molar-refractivity contribution in [3.63, 3.8) is 0 Å². The summed E-state index contributed by atoms with van der Waals surface area (Å²) in [5, 5.41) is 7.19. The molecule has 2 rings (SSSR count). The molecule has 0 spiro atoms. The van der Waals surface area contributed by atoms with Gasteiger partial charge in [-0.2, -0.15) is 5.10 Å². The molecule has 0 unspecified atom stereocenters. The van der Waals surface area contributed by atoms with E-state index in [0.29, 0.717) is 14.0 Å². The Bertz CT molecular complexity index is 377. The third-order valence-electron chi connectivity index (χ3n) is 4.04. The quantitative estimate of drug-likeness (QED) is 0.647. The number of aromatic amines is 1. The highest BCUT2D eigenvalue weighted by Crippen LogP contribution is 2.19. The standard InChI is InChI=1S/C11H24B2N5Si/c1-5-6-7-10-17-12(2)16(4)19-18(13(17)3)11-8-9-14-15-11/h8-9,19H,5-7,10H2,1-4H3,(H,14,15). The van der Waals surface area contributed by atoms with Crippen molar-refractivity contribution < 1.29 is 0 Å². The van der Waals surface area contributed by atoms with Crippen LogP contribution in [0.1, 0.15) is 26.2 Å². The number of hydrogen-bond donors (Lipinski definition) is 1. The molecule has 1 N–H and O–H groups in total. The van der Waals surface area contributed by atoms with Gasteiger partial charge in [0.15, 0.2) is 0 Å². The van der Waals surface area contributed by atoms with E-state index in [-0.39, 0.29) is 9.84 Å². The predicted octanol–water partition coefficient (Wildman–Crippen LogP) is 1.16. The van der Waals surface area contributed by atoms with Crippen molar-refractivity contribution in [2.75, 3.05) is 18.1 Å². The molecule has 1 fully saturated rings. The number of anilines is 1. The SMILES string of the molecule is CCCCCN1B(C)N(C)[SiH]N(c2ccn[nH]2)B1C. The molecule has 103 valence electrons. The normalized spacial score (nSPS) is 18.4. The number of hydrogen-bond acceptors (Lipinski definition) is 4. The van der Waals surface area contributed by atoms with Gasteiger partial charge in [-0.3, -0.25) is 5.10 Å². The van der Waals surface area contributed by atoms with Gasteiger partial charge in [0.05, 0.1) is 6.20 Å². The fourth-order valence-electron chi connectivity index (χ4n) is 2.67. The highest BCUT2D eigenvalue weighted by atomic mass is 28.2. The van der Waals surface area contributed by atoms with E-state index in [1.54, 1.807) is 0 Å². The van der Waals surface area contributed by atoms with Gasteiger partial charge in [0.25, 0.3) is 6.98 Å². The molecule has 0 atom stereocenters. The lowest BCUT2D eigenvalue weighted by Gasteiger charge is -2.47. The predicted molar refractivity (Wildman–Crippen MR) is 85.4 cm³/mol. The molecular weight excluding hydrogens is 252 g/mol. The molecule has 1 aromatic rings. The van der Waals surface area contributed by atoms with E-state index < -0.39 is 0 Å². The maximum atomic E-state index is 4.09. The van der Waals surface area contributed by atoms with E-state index >= 15 is 0 Å². The summed E-state index contributed by atoms with van der Waals surface area (Å²) in [4.78, 5) is 0. The molecule has 1 saturated heterocycles. The molecule has 2 heterocycles. The molecule has 1 aliphatic heterocycles. The van der Waals surface area contributed by atoms with Crippen molar-refractivity contribution in [1.82, 2.24) is 19.4 Å². The van der Waals surface area contributed by atoms with Crippen LogP contribution in [0.2, 0.25) is 13.6 Å². The van der Waals surface area contributed by atoms with Crippen molar-refractivity contribution >= 4 is 29.6 Å². The lowest BCUT2D eigenvalue weighted by atomic mass is 9.62. The van der Waals surface area contributed by atoms with Gasteiger partial charge in [0, 0.05) is 0 Å². The Kier molecular flexibility index (Phi) is 5.12. The molecule has 1 aromatic heterocycles. The molecule has 0 aliphatic carbocycles. The van der Waals surface area contributed by atoms with Crippen LogP contribution in [-0.2, 0) is 0 Å². The highest BCUT2D eigenvalue weighted by Gasteiger charge is 2.39. The van der Waals surface area contributed by atoms with Crippen LogP contribution in [0.15, 0.2) is 12.3 Å². The molecule has 19 heavy (non-hydrogen) atoms. The molecule has 1 radical (unpaired) electrons. The van der Waals surface area contributed by atoms with Crippen LogP contribution in [0.3, 0.4) is 0 Å². The van der Waals surface area contributed by atoms with Crippen molar-refractivity contribution in [3.05, 3.63) is 12.3 Å². The first kappa shape index (κ1) is 14.7. The minimum absolute atomic E-state index is 0.122. The third-order valence-corrected chi connectivity index (χ3v) is 5.80. The highest BCUT2D eigenvalue weighted by molar-refractivity contribution is 6.86. The number of unbranched alkanes of at least 4 members (excludes halogenated alkanes) is 2. The molecule has 1 aliphatic rings. The first-order valence-electron chi connectivity index (χ1n) is 7.25. The average molecular weight is 276 g/mol. The van der Waals surface area contributed by atoms with E-state index in [2.05, 4.69) is 57.6 Å². The summed E-state index contributed by atoms with van der Waals surface area (Å²) >= 11 is 0. The van der Waals surface area contributed by atoms with E-state index in [1.165, 1.54) is 25.8 Å². The summed E-state index contributed by atoms with van der Waals surface area (Å²) in [6, 6.07) is 2.07. The summed E-state index contributed by atoms with van der Waals surface area (Å²) in [5.74, 6) is 1.14. The van der Waals surface area contributed by atoms with Crippen LogP contribution < -0.4 is 4.48 Å². The number of H-pyrrole nitrogens is 1. The molecule has 0 bridgehead atoms. The fourth-order valence-corrected chi connectivity index (χ4v) is 4.06. The van der Waals surface area contributed by atoms with Gasteiger partial charge in [0.1, 0.15) is 5.82 Å². The van der Waals surface area contributed by atoms with Crippen molar-refractivity contribution in [2.24, 2.45) is 0 Å². The first-order chi connectivity index (χ1) is 9.15. The zero-order chi connectivity index (χ0) is 13.8. The van der Waals surface area contributed by atoms with Crippen molar-refractivity contribution in [3.8, 4) is 0 Å². The van der Waals surface area contributed by atoms with Gasteiger partial charge in [-0.25, -0.2) is 0 Å². The summed E-state index contributed by atoms with van der Waals surface area (Å²) < 4.78 is 7.51. The second-order valence-corrected chi connectivity index (χ2v) is 6.94. The Balaban J connectivity index is 2.07. The van der Waals surface area contributed by atoms with Crippen LogP contribution in [0.5, 0.6) is 0 Å². The zero-order valence-corrected chi connectivity index (χ0v) is 13.7. The van der Waals surface area contributed by atoms with Gasteiger partial charge < -0.3 is 13.7 Å². The summed E-state index contributed by atoms with van der Waals surface area (Å²) in [7, 11) is 2.35. The molecule has 0 saturated carbocycles. The fraction of sp³-hybridized carbons (Fsp3) is 0.727. The Morgan fingerprint density at radius 1 is 1.32 bits per heavy atom. The number of aromatic nitrogens is 2. The van der Waals surface area contributed by atoms with Crippen LogP contribution >= 0.6 is 0 Å². The van der Waals surface area contributed by atoms with Gasteiger partial charge in [0.2, 0.25) is 9.84 Å². The topological polar surface area (TPSA) is 38.4 Å². The summed E-state index contributed by atoms with van der Waals surface area (Å²) in [6.07, 6.45) is 5.71. The number of nitrogens with zero attached hydrogens (tertiary/aromatic N) is 4. The molecule has 8 heteroatoms. The monoisotopic (exact) mass is 276 g/mol. The van der Waals surface area contributed by atoms with Crippen LogP contribution in [-0.4, -0.2) is 56.8 Å².